The number of benzene rings is 1. The lowest BCUT2D eigenvalue weighted by Gasteiger charge is -2.16. The monoisotopic (exact) mass is 321 g/mol. The van der Waals surface area contributed by atoms with Gasteiger partial charge in [-0.05, 0) is 36.1 Å². The van der Waals surface area contributed by atoms with E-state index in [-0.39, 0.29) is 12.1 Å². The number of carbonyl (C=O) groups is 2. The fraction of sp³-hybridized carbons (Fsp3) is 0.200. The Kier molecular flexibility index (Phi) is 5.11. The van der Waals surface area contributed by atoms with Crippen molar-refractivity contribution in [3.63, 3.8) is 0 Å². The number of aryl methyl sites for hydroxylation is 1. The predicted octanol–water partition coefficient (Wildman–Crippen LogP) is 2.93. The van der Waals surface area contributed by atoms with Crippen LogP contribution in [0.5, 0.6) is 0 Å². The fourth-order valence-electron chi connectivity index (χ4n) is 1.99. The Morgan fingerprint density at radius 3 is 2.73 bits per heavy atom. The molecule has 0 aliphatic rings. The quantitative estimate of drug-likeness (QED) is 0.791. The first-order valence-corrected chi connectivity index (χ1v) is 7.49. The zero-order valence-corrected chi connectivity index (χ0v) is 12.7. The molecule has 1 atom stereocenters. The molecule has 116 valence electrons. The fourth-order valence-corrected chi connectivity index (χ4v) is 2.77. The molecule has 0 fully saturated rings. The molecule has 7 heteroatoms. The molecule has 2 aromatic rings. The van der Waals surface area contributed by atoms with Gasteiger partial charge in [0.1, 0.15) is 5.82 Å². The summed E-state index contributed by atoms with van der Waals surface area (Å²) < 4.78 is 13.7. The normalized spacial score (nSPS) is 11.7. The number of halogens is 1. The van der Waals surface area contributed by atoms with Gasteiger partial charge in [-0.25, -0.2) is 9.18 Å². The Morgan fingerprint density at radius 1 is 1.36 bits per heavy atom. The first-order valence-electron chi connectivity index (χ1n) is 6.61. The zero-order chi connectivity index (χ0) is 16.1. The molecule has 3 amide bonds. The molecular formula is C15H16FN3O2S. The van der Waals surface area contributed by atoms with Crippen LogP contribution in [0.2, 0.25) is 0 Å². The van der Waals surface area contributed by atoms with Gasteiger partial charge in [0.15, 0.2) is 0 Å². The zero-order valence-electron chi connectivity index (χ0n) is 11.9. The van der Waals surface area contributed by atoms with Gasteiger partial charge in [0, 0.05) is 4.88 Å². The number of urea groups is 1. The molecule has 1 aromatic heterocycles. The van der Waals surface area contributed by atoms with Gasteiger partial charge < -0.3 is 16.4 Å². The van der Waals surface area contributed by atoms with Gasteiger partial charge in [-0.3, -0.25) is 4.79 Å². The van der Waals surface area contributed by atoms with E-state index < -0.39 is 23.8 Å². The summed E-state index contributed by atoms with van der Waals surface area (Å²) in [5, 5.41) is 6.85. The molecule has 5 nitrogen and oxygen atoms in total. The van der Waals surface area contributed by atoms with E-state index in [9.17, 15) is 14.0 Å². The van der Waals surface area contributed by atoms with Gasteiger partial charge >= 0.3 is 6.03 Å². The summed E-state index contributed by atoms with van der Waals surface area (Å²) >= 11 is 1.40. The van der Waals surface area contributed by atoms with Crippen molar-refractivity contribution in [2.45, 2.75) is 19.4 Å². The highest BCUT2D eigenvalue weighted by atomic mass is 32.1. The lowest BCUT2D eigenvalue weighted by molar-refractivity contribution is -0.116. The van der Waals surface area contributed by atoms with E-state index >= 15 is 0 Å². The maximum atomic E-state index is 13.7. The minimum absolute atomic E-state index is 0.0310. The van der Waals surface area contributed by atoms with E-state index in [2.05, 4.69) is 10.6 Å². The van der Waals surface area contributed by atoms with Crippen LogP contribution < -0.4 is 16.4 Å². The summed E-state index contributed by atoms with van der Waals surface area (Å²) in [6, 6.07) is 6.91. The van der Waals surface area contributed by atoms with Crippen molar-refractivity contribution in [3.05, 3.63) is 52.0 Å². The highest BCUT2D eigenvalue weighted by Gasteiger charge is 2.19. The lowest BCUT2D eigenvalue weighted by atomic mass is 10.1. The minimum atomic E-state index is -0.715. The van der Waals surface area contributed by atoms with Gasteiger partial charge in [0.05, 0.1) is 18.2 Å². The van der Waals surface area contributed by atoms with Crippen molar-refractivity contribution in [1.82, 2.24) is 5.32 Å². The highest BCUT2D eigenvalue weighted by molar-refractivity contribution is 7.10. The molecule has 0 saturated heterocycles. The number of anilines is 1. The molecule has 0 radical (unpaired) electrons. The van der Waals surface area contributed by atoms with Crippen molar-refractivity contribution < 1.29 is 14.0 Å². The van der Waals surface area contributed by atoms with Crippen molar-refractivity contribution in [3.8, 4) is 0 Å². The Morgan fingerprint density at radius 2 is 2.14 bits per heavy atom. The Balaban J connectivity index is 2.06. The summed E-state index contributed by atoms with van der Waals surface area (Å²) in [5.74, 6) is -0.904. The van der Waals surface area contributed by atoms with E-state index in [0.29, 0.717) is 0 Å². The molecule has 0 bridgehead atoms. The Bertz CT molecular complexity index is 673. The number of thiophene rings is 1. The van der Waals surface area contributed by atoms with Gasteiger partial charge in [-0.2, -0.15) is 0 Å². The van der Waals surface area contributed by atoms with Crippen LogP contribution in [0.3, 0.4) is 0 Å². The van der Waals surface area contributed by atoms with Crippen LogP contribution in [0.4, 0.5) is 14.9 Å². The number of amides is 3. The van der Waals surface area contributed by atoms with E-state index in [1.165, 1.54) is 23.5 Å². The predicted molar refractivity (Wildman–Crippen MR) is 84.2 cm³/mol. The average Bonchev–Trinajstić information content (AvgIpc) is 2.95. The molecule has 1 aromatic carbocycles. The number of nitrogens with two attached hydrogens (primary N) is 1. The maximum absolute atomic E-state index is 13.7. The summed E-state index contributed by atoms with van der Waals surface area (Å²) in [4.78, 5) is 23.9. The van der Waals surface area contributed by atoms with Crippen molar-refractivity contribution >= 4 is 29.0 Å². The molecule has 2 rings (SSSR count). The molecule has 0 aliphatic carbocycles. The first-order chi connectivity index (χ1) is 10.5. The highest BCUT2D eigenvalue weighted by Crippen LogP contribution is 2.23. The van der Waals surface area contributed by atoms with Gasteiger partial charge in [0.25, 0.3) is 0 Å². The smallest absolute Gasteiger partial charge is 0.312 e. The molecule has 0 spiro atoms. The number of carbonyl (C=O) groups excluding carboxylic acids is 2. The second kappa shape index (κ2) is 7.04. The second-order valence-electron chi connectivity index (χ2n) is 4.81. The molecule has 0 saturated carbocycles. The second-order valence-corrected chi connectivity index (χ2v) is 5.79. The third-order valence-corrected chi connectivity index (χ3v) is 3.98. The molecule has 0 aliphatic heterocycles. The molecular weight excluding hydrogens is 305 g/mol. The summed E-state index contributed by atoms with van der Waals surface area (Å²) in [6.07, 6.45) is -0.0310. The lowest BCUT2D eigenvalue weighted by Crippen LogP contribution is -2.34. The third kappa shape index (κ3) is 4.29. The van der Waals surface area contributed by atoms with Crippen molar-refractivity contribution in [2.24, 2.45) is 5.73 Å². The van der Waals surface area contributed by atoms with Crippen LogP contribution >= 0.6 is 11.3 Å². The molecule has 22 heavy (non-hydrogen) atoms. The Labute approximate surface area is 131 Å². The standard InChI is InChI=1S/C15H16FN3O2S/c1-9-4-5-11(10(16)7-9)18-14(20)8-12(19-15(17)21)13-3-2-6-22-13/h2-7,12H,8H2,1H3,(H,18,20)(H3,17,19,21). The number of hydrogen-bond donors (Lipinski definition) is 3. The third-order valence-electron chi connectivity index (χ3n) is 2.99. The van der Waals surface area contributed by atoms with Gasteiger partial charge in [0.2, 0.25) is 5.91 Å². The number of primary amides is 1. The van der Waals surface area contributed by atoms with Crippen molar-refractivity contribution in [2.75, 3.05) is 5.32 Å². The van der Waals surface area contributed by atoms with Gasteiger partial charge in [-0.1, -0.05) is 12.1 Å². The van der Waals surface area contributed by atoms with Crippen LogP contribution in [0, 0.1) is 12.7 Å². The van der Waals surface area contributed by atoms with Crippen LogP contribution in [0.1, 0.15) is 22.9 Å². The maximum Gasteiger partial charge on any atom is 0.312 e. The largest absolute Gasteiger partial charge is 0.352 e. The Hall–Kier alpha value is -2.41. The van der Waals surface area contributed by atoms with Crippen LogP contribution in [-0.2, 0) is 4.79 Å². The first kappa shape index (κ1) is 16.0. The summed E-state index contributed by atoms with van der Waals surface area (Å²) in [7, 11) is 0. The SMILES string of the molecule is Cc1ccc(NC(=O)CC(NC(N)=O)c2cccs2)c(F)c1. The topological polar surface area (TPSA) is 84.2 Å². The summed E-state index contributed by atoms with van der Waals surface area (Å²) in [6.45, 7) is 1.76. The number of hydrogen-bond acceptors (Lipinski definition) is 3. The minimum Gasteiger partial charge on any atom is -0.352 e. The molecule has 1 heterocycles. The summed E-state index contributed by atoms with van der Waals surface area (Å²) in [5.41, 5.74) is 6.01. The van der Waals surface area contributed by atoms with Crippen LogP contribution in [0.15, 0.2) is 35.7 Å². The number of rotatable bonds is 5. The average molecular weight is 321 g/mol. The van der Waals surface area contributed by atoms with Crippen LogP contribution in [0.25, 0.3) is 0 Å². The van der Waals surface area contributed by atoms with E-state index in [1.807, 2.05) is 11.4 Å². The molecule has 1 unspecified atom stereocenters. The molecule has 4 N–H and O–H groups in total. The number of nitrogens with one attached hydrogen (secondary N) is 2. The van der Waals surface area contributed by atoms with E-state index in [1.54, 1.807) is 19.1 Å². The van der Waals surface area contributed by atoms with E-state index in [0.717, 1.165) is 10.4 Å². The van der Waals surface area contributed by atoms with E-state index in [4.69, 9.17) is 5.73 Å². The van der Waals surface area contributed by atoms with Gasteiger partial charge in [-0.15, -0.1) is 11.3 Å². The van der Waals surface area contributed by atoms with Crippen LogP contribution in [-0.4, -0.2) is 11.9 Å². The van der Waals surface area contributed by atoms with Crippen molar-refractivity contribution in [1.29, 1.82) is 0 Å².